The molecule has 0 bridgehead atoms. The lowest BCUT2D eigenvalue weighted by molar-refractivity contribution is -0.126. The Hall–Kier alpha value is -1.92. The Balaban J connectivity index is 1.54. The lowest BCUT2D eigenvalue weighted by atomic mass is 10.1. The Labute approximate surface area is 162 Å². The van der Waals surface area contributed by atoms with Crippen molar-refractivity contribution in [1.82, 2.24) is 15.1 Å². The number of fused-ring (bicyclic) bond motifs is 1. The number of piperazine rings is 1. The van der Waals surface area contributed by atoms with Crippen LogP contribution in [0.2, 0.25) is 0 Å². The summed E-state index contributed by atoms with van der Waals surface area (Å²) in [5.74, 6) is -0.0365. The number of nitrogens with one attached hydrogen (secondary N) is 1. The molecule has 0 unspecified atom stereocenters. The van der Waals surface area contributed by atoms with Crippen LogP contribution in [0.4, 0.5) is 5.69 Å². The fourth-order valence-corrected chi connectivity index (χ4v) is 4.00. The van der Waals surface area contributed by atoms with Crippen LogP contribution in [0.25, 0.3) is 0 Å². The van der Waals surface area contributed by atoms with Gasteiger partial charge in [-0.25, -0.2) is 0 Å². The summed E-state index contributed by atoms with van der Waals surface area (Å²) >= 11 is 0. The van der Waals surface area contributed by atoms with Gasteiger partial charge in [0.1, 0.15) is 6.04 Å². The van der Waals surface area contributed by atoms with Crippen LogP contribution in [0.1, 0.15) is 32.3 Å². The highest BCUT2D eigenvalue weighted by Crippen LogP contribution is 2.28. The molecule has 27 heavy (non-hydrogen) atoms. The Morgan fingerprint density at radius 2 is 1.81 bits per heavy atom. The van der Waals surface area contributed by atoms with Crippen molar-refractivity contribution in [2.45, 2.75) is 39.2 Å². The summed E-state index contributed by atoms with van der Waals surface area (Å²) in [5.41, 5.74) is 2.04. The number of benzene rings is 1. The van der Waals surface area contributed by atoms with E-state index in [2.05, 4.69) is 28.1 Å². The van der Waals surface area contributed by atoms with E-state index in [-0.39, 0.29) is 11.8 Å². The second kappa shape index (κ2) is 9.33. The molecule has 2 heterocycles. The van der Waals surface area contributed by atoms with Crippen molar-refractivity contribution in [2.75, 3.05) is 50.7 Å². The summed E-state index contributed by atoms with van der Waals surface area (Å²) < 4.78 is 0. The maximum atomic E-state index is 12.7. The monoisotopic (exact) mass is 372 g/mol. The molecule has 148 valence electrons. The van der Waals surface area contributed by atoms with Crippen LogP contribution in [0.3, 0.4) is 0 Å². The molecule has 1 aromatic rings. The van der Waals surface area contributed by atoms with Crippen LogP contribution < -0.4 is 10.2 Å². The second-order valence-electron chi connectivity index (χ2n) is 7.49. The van der Waals surface area contributed by atoms with Gasteiger partial charge >= 0.3 is 0 Å². The summed E-state index contributed by atoms with van der Waals surface area (Å²) in [4.78, 5) is 31.9. The minimum absolute atomic E-state index is 0.0401. The predicted octanol–water partition coefficient (Wildman–Crippen LogP) is 1.50. The van der Waals surface area contributed by atoms with Crippen LogP contribution in [0, 0.1) is 0 Å². The molecule has 3 rings (SSSR count). The first-order valence-corrected chi connectivity index (χ1v) is 10.2. The third-order valence-electron chi connectivity index (χ3n) is 5.76. The number of aryl methyl sites for hydroxylation is 1. The Bertz CT molecular complexity index is 655. The van der Waals surface area contributed by atoms with Gasteiger partial charge in [-0.1, -0.05) is 25.1 Å². The van der Waals surface area contributed by atoms with Crippen molar-refractivity contribution in [1.29, 1.82) is 0 Å². The third-order valence-corrected chi connectivity index (χ3v) is 5.76. The molecular formula is C21H32N4O2. The minimum Gasteiger partial charge on any atom is -0.353 e. The van der Waals surface area contributed by atoms with E-state index in [1.165, 1.54) is 0 Å². The van der Waals surface area contributed by atoms with Crippen LogP contribution in [0.5, 0.6) is 0 Å². The molecule has 1 N–H and O–H groups in total. The average molecular weight is 373 g/mol. The summed E-state index contributed by atoms with van der Waals surface area (Å²) in [6.45, 7) is 10.9. The molecule has 1 atom stereocenters. The zero-order valence-electron chi connectivity index (χ0n) is 16.6. The fourth-order valence-electron chi connectivity index (χ4n) is 4.00. The van der Waals surface area contributed by atoms with Crippen molar-refractivity contribution < 1.29 is 9.59 Å². The van der Waals surface area contributed by atoms with Crippen LogP contribution in [0.15, 0.2) is 24.3 Å². The Morgan fingerprint density at radius 1 is 1.11 bits per heavy atom. The quantitative estimate of drug-likeness (QED) is 0.822. The first-order valence-electron chi connectivity index (χ1n) is 10.2. The smallest absolute Gasteiger partial charge is 0.242 e. The molecule has 1 aromatic carbocycles. The van der Waals surface area contributed by atoms with E-state index in [0.717, 1.165) is 63.4 Å². The predicted molar refractivity (Wildman–Crippen MR) is 108 cm³/mol. The average Bonchev–Trinajstić information content (AvgIpc) is 2.86. The van der Waals surface area contributed by atoms with E-state index >= 15 is 0 Å². The van der Waals surface area contributed by atoms with E-state index in [0.29, 0.717) is 13.0 Å². The van der Waals surface area contributed by atoms with Crippen molar-refractivity contribution in [3.05, 3.63) is 29.8 Å². The van der Waals surface area contributed by atoms with Crippen molar-refractivity contribution in [3.8, 4) is 0 Å². The van der Waals surface area contributed by atoms with Crippen molar-refractivity contribution >= 4 is 17.5 Å². The highest BCUT2D eigenvalue weighted by atomic mass is 16.2. The molecule has 2 aliphatic rings. The van der Waals surface area contributed by atoms with Gasteiger partial charge in [0.15, 0.2) is 0 Å². The maximum absolute atomic E-state index is 12.7. The molecule has 2 aliphatic heterocycles. The molecule has 0 aliphatic carbocycles. The first-order chi connectivity index (χ1) is 13.1. The number of likely N-dealkylation sites (N-methyl/N-ethyl adjacent to an activating group) is 1. The fraction of sp³-hybridized carbons (Fsp3) is 0.619. The molecule has 6 nitrogen and oxygen atoms in total. The van der Waals surface area contributed by atoms with E-state index in [9.17, 15) is 9.59 Å². The number of carbonyl (C=O) groups is 2. The largest absolute Gasteiger partial charge is 0.353 e. The number of hydrogen-bond donors (Lipinski definition) is 1. The highest BCUT2D eigenvalue weighted by Gasteiger charge is 2.30. The lowest BCUT2D eigenvalue weighted by Crippen LogP contribution is -2.51. The van der Waals surface area contributed by atoms with Gasteiger partial charge in [-0.3, -0.25) is 19.4 Å². The zero-order chi connectivity index (χ0) is 19.2. The molecule has 1 saturated heterocycles. The number of nitrogens with zero attached hydrogens (tertiary/aromatic N) is 3. The normalized spacial score (nSPS) is 20.1. The topological polar surface area (TPSA) is 55.9 Å². The summed E-state index contributed by atoms with van der Waals surface area (Å²) in [5, 5.41) is 3.04. The summed E-state index contributed by atoms with van der Waals surface area (Å²) in [6, 6.07) is 7.45. The molecule has 0 saturated carbocycles. The number of anilines is 1. The van der Waals surface area contributed by atoms with E-state index < -0.39 is 6.04 Å². The number of rotatable bonds is 6. The SMILES string of the molecule is CCN1CCN(CCNC(=O)[C@H](C)N2C(=O)CCCc3ccccc32)CC1. The number of hydrogen-bond acceptors (Lipinski definition) is 4. The maximum Gasteiger partial charge on any atom is 0.242 e. The summed E-state index contributed by atoms with van der Waals surface area (Å²) in [6.07, 6.45) is 2.22. The van der Waals surface area contributed by atoms with Gasteiger partial charge in [0.05, 0.1) is 0 Å². The molecule has 6 heteroatoms. The molecule has 2 amide bonds. The molecular weight excluding hydrogens is 340 g/mol. The lowest BCUT2D eigenvalue weighted by Gasteiger charge is -2.34. The van der Waals surface area contributed by atoms with Crippen molar-refractivity contribution in [3.63, 3.8) is 0 Å². The molecule has 0 spiro atoms. The Morgan fingerprint density at radius 3 is 2.56 bits per heavy atom. The van der Waals surface area contributed by atoms with E-state index in [4.69, 9.17) is 0 Å². The standard InChI is InChI=1S/C21H32N4O2/c1-3-23-13-15-24(16-14-23)12-11-22-21(27)17(2)25-19-9-5-4-7-18(19)8-6-10-20(25)26/h4-5,7,9,17H,3,6,8,10-16H2,1-2H3,(H,22,27)/t17-/m0/s1. The highest BCUT2D eigenvalue weighted by molar-refractivity contribution is 6.01. The van der Waals surface area contributed by atoms with Gasteiger partial charge < -0.3 is 10.2 Å². The van der Waals surface area contributed by atoms with Gasteiger partial charge in [0.2, 0.25) is 11.8 Å². The number of carbonyl (C=O) groups excluding carboxylic acids is 2. The zero-order valence-corrected chi connectivity index (χ0v) is 16.6. The van der Waals surface area contributed by atoms with Gasteiger partial charge in [-0.2, -0.15) is 0 Å². The van der Waals surface area contributed by atoms with Gasteiger partial charge in [-0.15, -0.1) is 0 Å². The molecule has 0 radical (unpaired) electrons. The van der Waals surface area contributed by atoms with E-state index in [1.807, 2.05) is 25.1 Å². The van der Waals surface area contributed by atoms with Gasteiger partial charge in [0.25, 0.3) is 0 Å². The Kier molecular flexibility index (Phi) is 6.85. The first kappa shape index (κ1) is 19.8. The van der Waals surface area contributed by atoms with E-state index in [1.54, 1.807) is 4.90 Å². The minimum atomic E-state index is -0.492. The summed E-state index contributed by atoms with van der Waals surface area (Å²) in [7, 11) is 0. The third kappa shape index (κ3) is 4.87. The van der Waals surface area contributed by atoms with Crippen LogP contribution in [-0.2, 0) is 16.0 Å². The van der Waals surface area contributed by atoms with Crippen LogP contribution in [-0.4, -0.2) is 73.5 Å². The van der Waals surface area contributed by atoms with Crippen LogP contribution >= 0.6 is 0 Å². The number of amides is 2. The van der Waals surface area contributed by atoms with Gasteiger partial charge in [-0.05, 0) is 37.9 Å². The number of para-hydroxylation sites is 1. The molecule has 0 aromatic heterocycles. The van der Waals surface area contributed by atoms with Crippen molar-refractivity contribution in [2.24, 2.45) is 0 Å². The van der Waals surface area contributed by atoms with Gasteiger partial charge in [0, 0.05) is 51.4 Å². The second-order valence-corrected chi connectivity index (χ2v) is 7.49. The molecule has 1 fully saturated rings.